The van der Waals surface area contributed by atoms with Crippen LogP contribution in [-0.4, -0.2) is 25.7 Å². The maximum atomic E-state index is 13.1. The van der Waals surface area contributed by atoms with Crippen molar-refractivity contribution in [3.05, 3.63) is 35.1 Å². The van der Waals surface area contributed by atoms with E-state index in [2.05, 4.69) is 32.0 Å². The molecule has 2 heterocycles. The fraction of sp³-hybridized carbons (Fsp3) is 0.444. The van der Waals surface area contributed by atoms with Crippen LogP contribution in [0.4, 0.5) is 5.13 Å². The van der Waals surface area contributed by atoms with Crippen molar-refractivity contribution in [1.82, 2.24) is 25.1 Å². The van der Waals surface area contributed by atoms with Crippen LogP contribution in [0.25, 0.3) is 11.0 Å². The molecule has 1 atom stereocenters. The molecule has 2 aromatic heterocycles. The SMILES string of the molecule is CCc1nc2ccccc2n1[C@@H](CC)C(=O)NC(C)(C)c1nnc(N)s1. The molecule has 0 saturated carbocycles. The van der Waals surface area contributed by atoms with Crippen LogP contribution < -0.4 is 11.1 Å². The summed E-state index contributed by atoms with van der Waals surface area (Å²) in [5.41, 5.74) is 6.92. The lowest BCUT2D eigenvalue weighted by Gasteiger charge is -2.27. The minimum absolute atomic E-state index is 0.0656. The fourth-order valence-corrected chi connectivity index (χ4v) is 3.78. The second-order valence-corrected chi connectivity index (χ2v) is 7.73. The lowest BCUT2D eigenvalue weighted by Crippen LogP contribution is -2.44. The molecule has 7 nitrogen and oxygen atoms in total. The van der Waals surface area contributed by atoms with Gasteiger partial charge in [0.1, 0.15) is 16.9 Å². The number of benzene rings is 1. The van der Waals surface area contributed by atoms with Crippen molar-refractivity contribution in [2.24, 2.45) is 0 Å². The largest absolute Gasteiger partial charge is 0.374 e. The van der Waals surface area contributed by atoms with Crippen molar-refractivity contribution in [3.63, 3.8) is 0 Å². The van der Waals surface area contributed by atoms with Crippen molar-refractivity contribution in [3.8, 4) is 0 Å². The number of nitrogens with zero attached hydrogens (tertiary/aromatic N) is 4. The second-order valence-electron chi connectivity index (χ2n) is 6.72. The second kappa shape index (κ2) is 7.03. The van der Waals surface area contributed by atoms with Crippen LogP contribution in [-0.2, 0) is 16.8 Å². The molecular formula is C18H24N6OS. The van der Waals surface area contributed by atoms with E-state index in [-0.39, 0.29) is 11.9 Å². The van der Waals surface area contributed by atoms with Crippen LogP contribution in [0, 0.1) is 0 Å². The van der Waals surface area contributed by atoms with Crippen molar-refractivity contribution in [2.45, 2.75) is 52.1 Å². The number of fused-ring (bicyclic) bond motifs is 1. The number of aromatic nitrogens is 4. The van der Waals surface area contributed by atoms with Gasteiger partial charge in [0.05, 0.1) is 16.6 Å². The summed E-state index contributed by atoms with van der Waals surface area (Å²) in [6.07, 6.45) is 1.42. The predicted octanol–water partition coefficient (Wildman–Crippen LogP) is 3.04. The number of nitrogen functional groups attached to an aromatic ring is 1. The molecule has 0 fully saturated rings. The minimum atomic E-state index is -0.650. The number of nitrogens with one attached hydrogen (secondary N) is 1. The number of imidazole rings is 1. The van der Waals surface area contributed by atoms with Gasteiger partial charge >= 0.3 is 0 Å². The summed E-state index contributed by atoms with van der Waals surface area (Å²) in [6.45, 7) is 7.87. The maximum absolute atomic E-state index is 13.1. The van der Waals surface area contributed by atoms with Gasteiger partial charge in [0.15, 0.2) is 0 Å². The third kappa shape index (κ3) is 3.29. The Hall–Kier alpha value is -2.48. The van der Waals surface area contributed by atoms with E-state index in [9.17, 15) is 4.79 Å². The van der Waals surface area contributed by atoms with Crippen molar-refractivity contribution in [1.29, 1.82) is 0 Å². The molecule has 0 bridgehead atoms. The summed E-state index contributed by atoms with van der Waals surface area (Å²) in [5, 5.41) is 12.1. The molecule has 138 valence electrons. The third-order valence-electron chi connectivity index (χ3n) is 4.40. The van der Waals surface area contributed by atoms with Crippen molar-refractivity contribution < 1.29 is 4.79 Å². The maximum Gasteiger partial charge on any atom is 0.243 e. The average Bonchev–Trinajstić information content (AvgIpc) is 3.20. The molecule has 26 heavy (non-hydrogen) atoms. The Morgan fingerprint density at radius 3 is 2.65 bits per heavy atom. The highest BCUT2D eigenvalue weighted by molar-refractivity contribution is 7.15. The highest BCUT2D eigenvalue weighted by Crippen LogP contribution is 2.28. The Bertz CT molecular complexity index is 929. The van der Waals surface area contributed by atoms with Gasteiger partial charge in [-0.05, 0) is 32.4 Å². The van der Waals surface area contributed by atoms with Crippen molar-refractivity contribution >= 4 is 33.4 Å². The number of rotatable bonds is 6. The first-order chi connectivity index (χ1) is 12.4. The zero-order valence-electron chi connectivity index (χ0n) is 15.5. The third-order valence-corrected chi connectivity index (χ3v) is 5.47. The van der Waals surface area contributed by atoms with Gasteiger partial charge in [-0.2, -0.15) is 0 Å². The molecule has 3 rings (SSSR count). The van der Waals surface area contributed by atoms with E-state index in [1.807, 2.05) is 45.0 Å². The first-order valence-corrected chi connectivity index (χ1v) is 9.56. The van der Waals surface area contributed by atoms with Crippen LogP contribution in [0.5, 0.6) is 0 Å². The summed E-state index contributed by atoms with van der Waals surface area (Å²) in [4.78, 5) is 17.8. The lowest BCUT2D eigenvalue weighted by atomic mass is 10.1. The summed E-state index contributed by atoms with van der Waals surface area (Å²) in [6, 6.07) is 7.57. The molecule has 0 aliphatic carbocycles. The van der Waals surface area contributed by atoms with Gasteiger partial charge in [-0.1, -0.05) is 37.3 Å². The van der Waals surface area contributed by atoms with Crippen LogP contribution in [0.2, 0.25) is 0 Å². The summed E-state index contributed by atoms with van der Waals surface area (Å²) < 4.78 is 2.05. The predicted molar refractivity (Wildman–Crippen MR) is 104 cm³/mol. The monoisotopic (exact) mass is 372 g/mol. The fourth-order valence-electron chi connectivity index (χ4n) is 3.11. The van der Waals surface area contributed by atoms with Gasteiger partial charge < -0.3 is 15.6 Å². The van der Waals surface area contributed by atoms with E-state index in [1.54, 1.807) is 0 Å². The molecule has 0 saturated heterocycles. The minimum Gasteiger partial charge on any atom is -0.374 e. The van der Waals surface area contributed by atoms with Crippen LogP contribution >= 0.6 is 11.3 Å². The van der Waals surface area contributed by atoms with E-state index in [0.29, 0.717) is 16.6 Å². The van der Waals surface area contributed by atoms with E-state index in [0.717, 1.165) is 23.3 Å². The molecule has 0 aliphatic heterocycles. The number of aryl methyl sites for hydroxylation is 1. The van der Waals surface area contributed by atoms with Crippen LogP contribution in [0.3, 0.4) is 0 Å². The molecule has 0 radical (unpaired) electrons. The van der Waals surface area contributed by atoms with Crippen LogP contribution in [0.1, 0.15) is 51.0 Å². The molecular weight excluding hydrogens is 348 g/mol. The molecule has 0 unspecified atom stereocenters. The van der Waals surface area contributed by atoms with E-state index < -0.39 is 5.54 Å². The van der Waals surface area contributed by atoms with Gasteiger partial charge in [0.2, 0.25) is 11.0 Å². The molecule has 3 N–H and O–H groups in total. The zero-order chi connectivity index (χ0) is 18.9. The zero-order valence-corrected chi connectivity index (χ0v) is 16.3. The average molecular weight is 372 g/mol. The van der Waals surface area contributed by atoms with Crippen molar-refractivity contribution in [2.75, 3.05) is 5.73 Å². The Labute approximate surface area is 156 Å². The van der Waals surface area contributed by atoms with E-state index >= 15 is 0 Å². The molecule has 1 aromatic carbocycles. The topological polar surface area (TPSA) is 98.7 Å². The smallest absolute Gasteiger partial charge is 0.243 e. The van der Waals surface area contributed by atoms with E-state index in [1.165, 1.54) is 11.3 Å². The summed E-state index contributed by atoms with van der Waals surface area (Å²) in [5.74, 6) is 0.843. The number of hydrogen-bond acceptors (Lipinski definition) is 6. The van der Waals surface area contributed by atoms with Gasteiger partial charge in [-0.25, -0.2) is 4.98 Å². The van der Waals surface area contributed by atoms with Crippen LogP contribution in [0.15, 0.2) is 24.3 Å². The number of carbonyl (C=O) groups excluding carboxylic acids is 1. The van der Waals surface area contributed by atoms with E-state index in [4.69, 9.17) is 5.73 Å². The molecule has 3 aromatic rings. The highest BCUT2D eigenvalue weighted by atomic mass is 32.1. The standard InChI is InChI=1S/C18H24N6OS/c1-5-12(15(25)21-18(3,4)16-22-23-17(19)26-16)24-13-10-8-7-9-11(13)20-14(24)6-2/h7-10,12H,5-6H2,1-4H3,(H2,19,23)(H,21,25)/t12-/m0/s1. The molecule has 8 heteroatoms. The number of nitrogens with two attached hydrogens (primary N) is 1. The summed E-state index contributed by atoms with van der Waals surface area (Å²) >= 11 is 1.29. The number of amides is 1. The molecule has 0 spiro atoms. The number of anilines is 1. The number of hydrogen-bond donors (Lipinski definition) is 2. The Balaban J connectivity index is 1.95. The molecule has 0 aliphatic rings. The van der Waals surface area contributed by atoms with Gasteiger partial charge in [-0.15, -0.1) is 10.2 Å². The normalized spacial score (nSPS) is 13.1. The Morgan fingerprint density at radius 2 is 2.04 bits per heavy atom. The Kier molecular flexibility index (Phi) is 4.95. The summed E-state index contributed by atoms with van der Waals surface area (Å²) in [7, 11) is 0. The van der Waals surface area contributed by atoms with Gasteiger partial charge in [0.25, 0.3) is 0 Å². The number of carbonyl (C=O) groups is 1. The number of para-hydroxylation sites is 2. The quantitative estimate of drug-likeness (QED) is 0.693. The first-order valence-electron chi connectivity index (χ1n) is 8.74. The van der Waals surface area contributed by atoms with Gasteiger partial charge in [0, 0.05) is 6.42 Å². The highest BCUT2D eigenvalue weighted by Gasteiger charge is 2.31. The molecule has 1 amide bonds. The first kappa shape index (κ1) is 18.3. The van der Waals surface area contributed by atoms with Gasteiger partial charge in [-0.3, -0.25) is 4.79 Å². The Morgan fingerprint density at radius 1 is 1.31 bits per heavy atom. The lowest BCUT2D eigenvalue weighted by molar-refractivity contribution is -0.126.